The molecule has 0 bridgehead atoms. The Morgan fingerprint density at radius 2 is 1.87 bits per heavy atom. The Hall–Kier alpha value is -4.50. The van der Waals surface area contributed by atoms with Gasteiger partial charge in [-0.25, -0.2) is 13.6 Å². The van der Waals surface area contributed by atoms with Gasteiger partial charge >= 0.3 is 6.09 Å². The van der Waals surface area contributed by atoms with Crippen LogP contribution in [-0.2, 0) is 37.8 Å². The second-order valence-corrected chi connectivity index (χ2v) is 12.1. The Labute approximate surface area is 262 Å². The van der Waals surface area contributed by atoms with Gasteiger partial charge in [0.25, 0.3) is 6.43 Å². The number of nitrogens with one attached hydrogen (secondary N) is 1. The number of aryl methyl sites for hydroxylation is 2. The Bertz CT molecular complexity index is 1750. The summed E-state index contributed by atoms with van der Waals surface area (Å²) in [6, 6.07) is 17.9. The number of alkyl halides is 2. The fraction of sp³-hybridized carbons (Fsp3) is 0.333. The van der Waals surface area contributed by atoms with Gasteiger partial charge in [0.15, 0.2) is 0 Å². The molecule has 3 aliphatic heterocycles. The highest BCUT2D eigenvalue weighted by atomic mass is 19.3. The second-order valence-electron chi connectivity index (χ2n) is 12.1. The lowest BCUT2D eigenvalue weighted by Crippen LogP contribution is -2.35. The van der Waals surface area contributed by atoms with Crippen LogP contribution in [-0.4, -0.2) is 47.0 Å². The minimum atomic E-state index is -2.61. The first-order valence-electron chi connectivity index (χ1n) is 15.7. The maximum Gasteiger partial charge on any atom is 0.410 e. The number of benzene rings is 3. The molecule has 0 unspecified atom stereocenters. The fourth-order valence-corrected chi connectivity index (χ4v) is 6.80. The van der Waals surface area contributed by atoms with Gasteiger partial charge in [-0.15, -0.1) is 0 Å². The van der Waals surface area contributed by atoms with Crippen LogP contribution in [0.2, 0.25) is 0 Å². The number of rotatable bonds is 6. The van der Waals surface area contributed by atoms with Gasteiger partial charge in [0, 0.05) is 61.9 Å². The monoisotopic (exact) mass is 609 g/mol. The molecule has 7 rings (SSSR count). The van der Waals surface area contributed by atoms with Crippen molar-refractivity contribution in [3.05, 3.63) is 106 Å². The zero-order valence-electron chi connectivity index (χ0n) is 25.4. The first-order chi connectivity index (χ1) is 21.9. The average molecular weight is 610 g/mol. The van der Waals surface area contributed by atoms with E-state index in [2.05, 4.69) is 33.5 Å². The number of halogens is 2. The molecular weight excluding hydrogens is 572 g/mol. The van der Waals surface area contributed by atoms with Crippen molar-refractivity contribution in [2.45, 2.75) is 45.3 Å². The zero-order chi connectivity index (χ0) is 30.9. The predicted octanol–water partition coefficient (Wildman–Crippen LogP) is 7.18. The van der Waals surface area contributed by atoms with E-state index in [-0.39, 0.29) is 18.3 Å². The standard InChI is InChI=1S/C36H37F2N5O2/c1-41-22-29(20-40-41)30-17-27-8-5-13-43(33(27)19-31(30)35(37)38)34-18-28(16-26-9-12-39-21-32(26)34)25-10-14-42(15-11-25)36(44)45-23-24-6-3-2-4-7-24/h2-4,6-7,10,16-20,22,35,39H,5,8-9,11-15,21,23H2,1H3. The number of hydrogen-bond acceptors (Lipinski definition) is 5. The Morgan fingerprint density at radius 3 is 2.62 bits per heavy atom. The first kappa shape index (κ1) is 29.2. The lowest BCUT2D eigenvalue weighted by molar-refractivity contribution is 0.0998. The number of carbonyl (C=O) groups excluding carboxylic acids is 1. The molecule has 1 aromatic heterocycles. The Kier molecular flexibility index (Phi) is 8.10. The van der Waals surface area contributed by atoms with Crippen LogP contribution in [0.4, 0.5) is 25.0 Å². The summed E-state index contributed by atoms with van der Waals surface area (Å²) in [6.45, 7) is 3.72. The number of anilines is 2. The van der Waals surface area contributed by atoms with E-state index in [9.17, 15) is 13.6 Å². The third-order valence-corrected chi connectivity index (χ3v) is 9.15. The lowest BCUT2D eigenvalue weighted by atomic mass is 9.89. The summed E-state index contributed by atoms with van der Waals surface area (Å²) in [6.07, 6.45) is 6.06. The van der Waals surface area contributed by atoms with E-state index < -0.39 is 6.43 Å². The minimum Gasteiger partial charge on any atom is -0.445 e. The van der Waals surface area contributed by atoms with Gasteiger partial charge in [-0.3, -0.25) is 4.68 Å². The van der Waals surface area contributed by atoms with E-state index in [0.29, 0.717) is 24.2 Å². The predicted molar refractivity (Wildman–Crippen MR) is 172 cm³/mol. The molecule has 0 spiro atoms. The Morgan fingerprint density at radius 1 is 1.00 bits per heavy atom. The summed E-state index contributed by atoms with van der Waals surface area (Å²) < 4.78 is 36.3. The number of fused-ring (bicyclic) bond motifs is 2. The van der Waals surface area contributed by atoms with Crippen LogP contribution in [0.1, 0.15) is 52.6 Å². The molecule has 0 saturated heterocycles. The van der Waals surface area contributed by atoms with E-state index in [1.165, 1.54) is 16.7 Å². The third-order valence-electron chi connectivity index (χ3n) is 9.15. The highest BCUT2D eigenvalue weighted by Crippen LogP contribution is 2.44. The quantitative estimate of drug-likeness (QED) is 0.251. The molecule has 0 radical (unpaired) electrons. The van der Waals surface area contributed by atoms with Crippen LogP contribution in [0, 0.1) is 0 Å². The Balaban J connectivity index is 1.19. The summed E-state index contributed by atoms with van der Waals surface area (Å²) in [7, 11) is 1.80. The van der Waals surface area contributed by atoms with Crippen LogP contribution in [0.5, 0.6) is 0 Å². The van der Waals surface area contributed by atoms with E-state index in [1.54, 1.807) is 35.1 Å². The van der Waals surface area contributed by atoms with Crippen molar-refractivity contribution in [2.24, 2.45) is 7.05 Å². The van der Waals surface area contributed by atoms with Crippen LogP contribution in [0.3, 0.4) is 0 Å². The number of carbonyl (C=O) groups is 1. The van der Waals surface area contributed by atoms with Gasteiger partial charge in [-0.05, 0) is 89.4 Å². The molecule has 0 aliphatic carbocycles. The first-order valence-corrected chi connectivity index (χ1v) is 15.7. The van der Waals surface area contributed by atoms with Crippen molar-refractivity contribution in [3.8, 4) is 11.1 Å². The second kappa shape index (κ2) is 12.5. The topological polar surface area (TPSA) is 62.6 Å². The highest BCUT2D eigenvalue weighted by Gasteiger charge is 2.28. The third kappa shape index (κ3) is 5.96. The normalized spacial score (nSPS) is 16.3. The number of nitrogens with zero attached hydrogens (tertiary/aromatic N) is 4. The molecule has 1 N–H and O–H groups in total. The van der Waals surface area contributed by atoms with Gasteiger partial charge in [0.05, 0.1) is 6.20 Å². The van der Waals surface area contributed by atoms with E-state index in [4.69, 9.17) is 4.74 Å². The zero-order valence-corrected chi connectivity index (χ0v) is 25.4. The highest BCUT2D eigenvalue weighted by molar-refractivity contribution is 5.81. The van der Waals surface area contributed by atoms with Crippen molar-refractivity contribution in [1.82, 2.24) is 20.0 Å². The van der Waals surface area contributed by atoms with Crippen molar-refractivity contribution in [1.29, 1.82) is 0 Å². The number of hydrogen-bond donors (Lipinski definition) is 1. The smallest absolute Gasteiger partial charge is 0.410 e. The van der Waals surface area contributed by atoms with Crippen molar-refractivity contribution in [3.63, 3.8) is 0 Å². The van der Waals surface area contributed by atoms with Gasteiger partial charge in [-0.1, -0.05) is 42.5 Å². The molecule has 9 heteroatoms. The van der Waals surface area contributed by atoms with Gasteiger partial charge < -0.3 is 19.9 Å². The summed E-state index contributed by atoms with van der Waals surface area (Å²) >= 11 is 0. The van der Waals surface area contributed by atoms with Gasteiger partial charge in [0.2, 0.25) is 0 Å². The maximum absolute atomic E-state index is 14.5. The molecule has 3 aliphatic rings. The average Bonchev–Trinajstić information content (AvgIpc) is 3.52. The molecule has 4 aromatic rings. The molecule has 1 amide bonds. The summed E-state index contributed by atoms with van der Waals surface area (Å²) in [5.41, 5.74) is 10.1. The van der Waals surface area contributed by atoms with Crippen molar-refractivity contribution >= 4 is 23.0 Å². The SMILES string of the molecule is Cn1cc(-c2cc3c(cc2C(F)F)N(c2cc(C4=CCN(C(=O)OCc5ccccc5)CC4)cc4c2CNCC4)CCC3)cn1. The number of ether oxygens (including phenoxy) is 1. The molecule has 0 atom stereocenters. The maximum atomic E-state index is 14.5. The van der Waals surface area contributed by atoms with Gasteiger partial charge in [-0.2, -0.15) is 5.10 Å². The number of amides is 1. The van der Waals surface area contributed by atoms with Crippen molar-refractivity contribution in [2.75, 3.05) is 31.1 Å². The molecule has 3 aromatic carbocycles. The van der Waals surface area contributed by atoms with E-state index in [1.807, 2.05) is 36.4 Å². The molecule has 0 saturated carbocycles. The van der Waals surface area contributed by atoms with Crippen LogP contribution in [0.15, 0.2) is 73.1 Å². The lowest BCUT2D eigenvalue weighted by Gasteiger charge is -2.36. The molecule has 45 heavy (non-hydrogen) atoms. The number of aromatic nitrogens is 2. The molecule has 232 valence electrons. The molecule has 4 heterocycles. The summed E-state index contributed by atoms with van der Waals surface area (Å²) in [5.74, 6) is 0. The summed E-state index contributed by atoms with van der Waals surface area (Å²) in [4.78, 5) is 16.8. The molecular formula is C36H37F2N5O2. The van der Waals surface area contributed by atoms with Gasteiger partial charge in [0.1, 0.15) is 6.61 Å². The summed E-state index contributed by atoms with van der Waals surface area (Å²) in [5, 5.41) is 7.75. The van der Waals surface area contributed by atoms with E-state index in [0.717, 1.165) is 73.4 Å². The van der Waals surface area contributed by atoms with Crippen molar-refractivity contribution < 1.29 is 18.3 Å². The molecule has 0 fully saturated rings. The minimum absolute atomic E-state index is 0.0334. The van der Waals surface area contributed by atoms with Crippen LogP contribution in [0.25, 0.3) is 16.7 Å². The van der Waals surface area contributed by atoms with Crippen LogP contribution < -0.4 is 10.2 Å². The largest absolute Gasteiger partial charge is 0.445 e. The molecule has 7 nitrogen and oxygen atoms in total. The van der Waals surface area contributed by atoms with Crippen LogP contribution >= 0.6 is 0 Å². The van der Waals surface area contributed by atoms with E-state index >= 15 is 0 Å². The fourth-order valence-electron chi connectivity index (χ4n) is 6.80.